The van der Waals surface area contributed by atoms with Crippen LogP contribution in [0.1, 0.15) is 59.9 Å². The fourth-order valence-corrected chi connectivity index (χ4v) is 2.63. The first-order chi connectivity index (χ1) is 13.9. The molecule has 2 amide bonds. The van der Waals surface area contributed by atoms with E-state index in [0.29, 0.717) is 19.0 Å². The molecule has 1 aliphatic rings. The van der Waals surface area contributed by atoms with Crippen LogP contribution in [-0.4, -0.2) is 48.0 Å². The van der Waals surface area contributed by atoms with Gasteiger partial charge in [-0.2, -0.15) is 0 Å². The summed E-state index contributed by atoms with van der Waals surface area (Å²) in [6.45, 7) is 14.3. The van der Waals surface area contributed by atoms with Crippen molar-refractivity contribution in [2.45, 2.75) is 72.1 Å². The monoisotopic (exact) mass is 422 g/mol. The quantitative estimate of drug-likeness (QED) is 0.685. The Bertz CT molecular complexity index is 633. The van der Waals surface area contributed by atoms with E-state index in [0.717, 1.165) is 18.7 Å². The minimum atomic E-state index is -0.459. The van der Waals surface area contributed by atoms with Crippen LogP contribution in [0.4, 0.5) is 9.59 Å². The number of rotatable bonds is 4. The average molecular weight is 423 g/mol. The number of aromatic nitrogens is 1. The van der Waals surface area contributed by atoms with Gasteiger partial charge in [0.15, 0.2) is 0 Å². The third-order valence-electron chi connectivity index (χ3n) is 3.89. The van der Waals surface area contributed by atoms with Crippen molar-refractivity contribution in [2.24, 2.45) is 5.92 Å². The second-order valence-electron chi connectivity index (χ2n) is 9.31. The Kier molecular flexibility index (Phi) is 10.6. The number of carbonyl (C=O) groups excluding carboxylic acids is 2. The van der Waals surface area contributed by atoms with E-state index in [1.54, 1.807) is 12.4 Å². The molecule has 0 radical (unpaired) electrons. The zero-order valence-electron chi connectivity index (χ0n) is 19.2. The topological polar surface area (TPSA) is 102 Å². The van der Waals surface area contributed by atoms with Crippen LogP contribution in [0.15, 0.2) is 24.5 Å². The summed E-state index contributed by atoms with van der Waals surface area (Å²) < 4.78 is 10.2. The molecule has 8 heteroatoms. The minimum absolute atomic E-state index is 0.312. The molecule has 2 rings (SSSR count). The van der Waals surface area contributed by atoms with E-state index in [1.807, 2.05) is 53.7 Å². The summed E-state index contributed by atoms with van der Waals surface area (Å²) in [5, 5.41) is 8.78. The predicted molar refractivity (Wildman–Crippen MR) is 117 cm³/mol. The van der Waals surface area contributed by atoms with E-state index in [1.165, 1.54) is 12.8 Å². The molecular formula is C22H38N4O4. The van der Waals surface area contributed by atoms with Crippen LogP contribution in [-0.2, 0) is 16.0 Å². The highest BCUT2D eigenvalue weighted by atomic mass is 16.6. The lowest BCUT2D eigenvalue weighted by atomic mass is 10.00. The fraction of sp³-hybridized carbons (Fsp3) is 0.682. The second kappa shape index (κ2) is 12.4. The van der Waals surface area contributed by atoms with Crippen molar-refractivity contribution in [3.05, 3.63) is 30.1 Å². The van der Waals surface area contributed by atoms with Gasteiger partial charge in [0.25, 0.3) is 0 Å². The Labute approximate surface area is 180 Å². The van der Waals surface area contributed by atoms with Crippen molar-refractivity contribution in [3.8, 4) is 0 Å². The van der Waals surface area contributed by atoms with Gasteiger partial charge in [0.05, 0.1) is 0 Å². The van der Waals surface area contributed by atoms with Crippen LogP contribution in [0, 0.1) is 5.92 Å². The van der Waals surface area contributed by atoms with Gasteiger partial charge < -0.3 is 25.4 Å². The summed E-state index contributed by atoms with van der Waals surface area (Å²) >= 11 is 0. The lowest BCUT2D eigenvalue weighted by Gasteiger charge is -2.24. The van der Waals surface area contributed by atoms with E-state index in [4.69, 9.17) is 9.47 Å². The van der Waals surface area contributed by atoms with Crippen molar-refractivity contribution >= 4 is 12.2 Å². The summed E-state index contributed by atoms with van der Waals surface area (Å²) in [5.74, 6) is 0.547. The SMILES string of the molecule is CC(C)(C)OC(=O)NCC1CCCNC1.CC(C)(C)OC(=O)NCc1cccnc1. The first-order valence-electron chi connectivity index (χ1n) is 10.5. The molecule has 170 valence electrons. The summed E-state index contributed by atoms with van der Waals surface area (Å²) in [4.78, 5) is 26.6. The van der Waals surface area contributed by atoms with Gasteiger partial charge in [-0.15, -0.1) is 0 Å². The van der Waals surface area contributed by atoms with Crippen molar-refractivity contribution in [1.29, 1.82) is 0 Å². The van der Waals surface area contributed by atoms with E-state index in [2.05, 4.69) is 20.9 Å². The maximum atomic E-state index is 11.3. The highest BCUT2D eigenvalue weighted by Crippen LogP contribution is 2.10. The number of carbonyl (C=O) groups is 2. The van der Waals surface area contributed by atoms with Gasteiger partial charge in [0.1, 0.15) is 11.2 Å². The molecule has 2 heterocycles. The standard InChI is InChI=1S/C11H22N2O2.C11H16N2O2/c2*1-11(2,3)15-10(14)13-8-9-5-4-6-12-7-9/h9,12H,4-8H2,1-3H3,(H,13,14);4-7H,8H2,1-3H3,(H,13,14). The minimum Gasteiger partial charge on any atom is -0.444 e. The number of nitrogens with zero attached hydrogens (tertiary/aromatic N) is 1. The lowest BCUT2D eigenvalue weighted by molar-refractivity contribution is 0.0508. The molecular weight excluding hydrogens is 384 g/mol. The maximum absolute atomic E-state index is 11.3. The third kappa shape index (κ3) is 13.8. The molecule has 1 fully saturated rings. The number of pyridine rings is 1. The molecule has 8 nitrogen and oxygen atoms in total. The number of nitrogens with one attached hydrogen (secondary N) is 3. The third-order valence-corrected chi connectivity index (χ3v) is 3.89. The molecule has 0 aromatic carbocycles. The van der Waals surface area contributed by atoms with E-state index >= 15 is 0 Å². The fourth-order valence-electron chi connectivity index (χ4n) is 2.63. The van der Waals surface area contributed by atoms with Gasteiger partial charge in [0.2, 0.25) is 0 Å². The van der Waals surface area contributed by atoms with E-state index in [-0.39, 0.29) is 6.09 Å². The number of piperidine rings is 1. The van der Waals surface area contributed by atoms with Crippen molar-refractivity contribution in [1.82, 2.24) is 20.9 Å². The van der Waals surface area contributed by atoms with Crippen molar-refractivity contribution in [3.63, 3.8) is 0 Å². The van der Waals surface area contributed by atoms with Crippen LogP contribution >= 0.6 is 0 Å². The van der Waals surface area contributed by atoms with Crippen LogP contribution in [0.2, 0.25) is 0 Å². The molecule has 3 N–H and O–H groups in total. The Hall–Kier alpha value is -2.35. The van der Waals surface area contributed by atoms with Gasteiger partial charge in [-0.1, -0.05) is 6.07 Å². The first kappa shape index (κ1) is 25.7. The van der Waals surface area contributed by atoms with Gasteiger partial charge in [-0.25, -0.2) is 9.59 Å². The number of alkyl carbamates (subject to hydrolysis) is 2. The summed E-state index contributed by atoms with van der Waals surface area (Å²) in [5.41, 5.74) is 0.0804. The smallest absolute Gasteiger partial charge is 0.407 e. The van der Waals surface area contributed by atoms with Crippen LogP contribution < -0.4 is 16.0 Å². The molecule has 1 aromatic heterocycles. The Morgan fingerprint density at radius 3 is 2.23 bits per heavy atom. The molecule has 1 unspecified atom stereocenters. The zero-order valence-corrected chi connectivity index (χ0v) is 19.2. The summed E-state index contributed by atoms with van der Waals surface area (Å²) in [6.07, 6.45) is 5.05. The zero-order chi connectivity index (χ0) is 22.6. The van der Waals surface area contributed by atoms with Crippen molar-refractivity contribution in [2.75, 3.05) is 19.6 Å². The Balaban J connectivity index is 0.000000300. The number of hydrogen-bond donors (Lipinski definition) is 3. The normalized spacial score (nSPS) is 16.5. The molecule has 0 saturated carbocycles. The molecule has 0 bridgehead atoms. The number of amides is 2. The molecule has 1 aliphatic heterocycles. The van der Waals surface area contributed by atoms with E-state index in [9.17, 15) is 9.59 Å². The number of ether oxygens (including phenoxy) is 2. The lowest BCUT2D eigenvalue weighted by Crippen LogP contribution is -2.40. The first-order valence-corrected chi connectivity index (χ1v) is 10.5. The molecule has 0 spiro atoms. The van der Waals surface area contributed by atoms with Gasteiger partial charge in [-0.3, -0.25) is 4.98 Å². The van der Waals surface area contributed by atoms with Crippen LogP contribution in [0.25, 0.3) is 0 Å². The van der Waals surface area contributed by atoms with Crippen LogP contribution in [0.5, 0.6) is 0 Å². The molecule has 0 aliphatic carbocycles. The van der Waals surface area contributed by atoms with Crippen molar-refractivity contribution < 1.29 is 19.1 Å². The van der Waals surface area contributed by atoms with Gasteiger partial charge in [-0.05, 0) is 85.0 Å². The average Bonchev–Trinajstić information content (AvgIpc) is 2.64. The highest BCUT2D eigenvalue weighted by Gasteiger charge is 2.18. The largest absolute Gasteiger partial charge is 0.444 e. The second-order valence-corrected chi connectivity index (χ2v) is 9.31. The Morgan fingerprint density at radius 2 is 1.73 bits per heavy atom. The maximum Gasteiger partial charge on any atom is 0.407 e. The summed E-state index contributed by atoms with van der Waals surface area (Å²) in [6, 6.07) is 3.72. The Morgan fingerprint density at radius 1 is 1.10 bits per heavy atom. The summed E-state index contributed by atoms with van der Waals surface area (Å²) in [7, 11) is 0. The van der Waals surface area contributed by atoms with Crippen LogP contribution in [0.3, 0.4) is 0 Å². The van der Waals surface area contributed by atoms with Gasteiger partial charge in [0, 0.05) is 25.5 Å². The highest BCUT2D eigenvalue weighted by molar-refractivity contribution is 5.68. The molecule has 30 heavy (non-hydrogen) atoms. The molecule has 1 saturated heterocycles. The predicted octanol–water partition coefficient (Wildman–Crippen LogP) is 3.62. The van der Waals surface area contributed by atoms with E-state index < -0.39 is 17.3 Å². The molecule has 1 atom stereocenters. The molecule has 1 aromatic rings. The van der Waals surface area contributed by atoms with Gasteiger partial charge >= 0.3 is 12.2 Å². The number of hydrogen-bond acceptors (Lipinski definition) is 6.